The molecule has 1 aromatic carbocycles. The minimum atomic E-state index is -4.46. The molecule has 2 atom stereocenters. The molecule has 4 nitrogen and oxygen atoms in total. The molecule has 0 spiro atoms. The number of hydrogen-bond acceptors (Lipinski definition) is 4. The van der Waals surface area contributed by atoms with E-state index in [2.05, 4.69) is 4.90 Å². The first-order valence-electron chi connectivity index (χ1n) is 9.37. The van der Waals surface area contributed by atoms with E-state index in [4.69, 9.17) is 9.15 Å². The number of ketones is 1. The number of alkyl halides is 3. The molecular weight excluding hydrogens is 371 g/mol. The Morgan fingerprint density at radius 1 is 1.21 bits per heavy atom. The van der Waals surface area contributed by atoms with E-state index >= 15 is 0 Å². The maximum Gasteiger partial charge on any atom is 0.416 e. The van der Waals surface area contributed by atoms with Crippen molar-refractivity contribution >= 4 is 5.78 Å². The zero-order valence-electron chi connectivity index (χ0n) is 15.9. The first-order valence-corrected chi connectivity index (χ1v) is 9.37. The van der Waals surface area contributed by atoms with Crippen molar-refractivity contribution < 1.29 is 27.1 Å². The Kier molecular flexibility index (Phi) is 4.53. The Balaban J connectivity index is 1.70. The number of rotatable bonds is 4. The summed E-state index contributed by atoms with van der Waals surface area (Å²) in [5.74, 6) is 0.707. The van der Waals surface area contributed by atoms with Gasteiger partial charge in [-0.1, -0.05) is 0 Å². The van der Waals surface area contributed by atoms with Gasteiger partial charge < -0.3 is 14.1 Å². The molecule has 2 aliphatic rings. The fourth-order valence-electron chi connectivity index (χ4n) is 4.47. The highest BCUT2D eigenvalue weighted by Crippen LogP contribution is 2.44. The number of halogens is 3. The van der Waals surface area contributed by atoms with Crippen molar-refractivity contribution in [1.29, 1.82) is 0 Å². The monoisotopic (exact) mass is 393 g/mol. The molecule has 2 aromatic rings. The molecule has 28 heavy (non-hydrogen) atoms. The summed E-state index contributed by atoms with van der Waals surface area (Å²) in [5, 5.41) is 0. The third-order valence-electron chi connectivity index (χ3n) is 5.96. The summed E-state index contributed by atoms with van der Waals surface area (Å²) in [7, 11) is 1.32. The van der Waals surface area contributed by atoms with Crippen LogP contribution in [0.3, 0.4) is 0 Å². The largest absolute Gasteiger partial charge is 0.496 e. The standard InChI is InChI=1S/C21H22F3NO3/c1-13-10-17(19(26)20-6-3-8-25(12-20)9-7-20)28-18(13)15-5-4-14(21(22,23)24)11-16(15)27-2/h4-5,10-11H,3,6-9,12H2,1-2H3. The number of piperidine rings is 1. The topological polar surface area (TPSA) is 42.7 Å². The highest BCUT2D eigenvalue weighted by molar-refractivity contribution is 5.99. The molecule has 2 fully saturated rings. The summed E-state index contributed by atoms with van der Waals surface area (Å²) in [5.41, 5.74) is -0.0882. The second kappa shape index (κ2) is 6.65. The van der Waals surface area contributed by atoms with Gasteiger partial charge in [-0.25, -0.2) is 0 Å². The third kappa shape index (κ3) is 3.11. The molecule has 2 unspecified atom stereocenters. The second-order valence-corrected chi connectivity index (χ2v) is 7.77. The number of furan rings is 1. The number of Topliss-reactive ketones (excluding diaryl/α,β-unsaturated/α-hetero) is 1. The van der Waals surface area contributed by atoms with Crippen LogP contribution in [0.4, 0.5) is 13.2 Å². The van der Waals surface area contributed by atoms with Crippen LogP contribution in [0.25, 0.3) is 11.3 Å². The molecule has 150 valence electrons. The highest BCUT2D eigenvalue weighted by atomic mass is 19.4. The summed E-state index contributed by atoms with van der Waals surface area (Å²) in [6.07, 6.45) is -1.80. The van der Waals surface area contributed by atoms with Crippen LogP contribution in [0.5, 0.6) is 5.75 Å². The van der Waals surface area contributed by atoms with Gasteiger partial charge in [0.25, 0.3) is 0 Å². The number of aryl methyl sites for hydroxylation is 1. The van der Waals surface area contributed by atoms with Crippen LogP contribution in [-0.4, -0.2) is 37.4 Å². The van der Waals surface area contributed by atoms with Crippen LogP contribution in [0.2, 0.25) is 0 Å². The van der Waals surface area contributed by atoms with Crippen molar-refractivity contribution in [3.05, 3.63) is 41.2 Å². The lowest BCUT2D eigenvalue weighted by Gasteiger charge is -2.31. The van der Waals surface area contributed by atoms with Crippen molar-refractivity contribution in [3.8, 4) is 17.1 Å². The van der Waals surface area contributed by atoms with Gasteiger partial charge in [-0.3, -0.25) is 4.79 Å². The minimum absolute atomic E-state index is 0.00470. The number of fused-ring (bicyclic) bond motifs is 2. The number of carbonyl (C=O) groups excluding carboxylic acids is 1. The van der Waals surface area contributed by atoms with Crippen LogP contribution in [-0.2, 0) is 6.18 Å². The van der Waals surface area contributed by atoms with E-state index in [1.54, 1.807) is 13.0 Å². The van der Waals surface area contributed by atoms with Crippen molar-refractivity contribution in [1.82, 2.24) is 4.90 Å². The zero-order chi connectivity index (χ0) is 20.1. The maximum absolute atomic E-state index is 13.2. The van der Waals surface area contributed by atoms with Gasteiger partial charge in [-0.2, -0.15) is 13.2 Å². The Morgan fingerprint density at radius 3 is 2.71 bits per heavy atom. The van der Waals surface area contributed by atoms with Crippen LogP contribution in [0.1, 0.15) is 40.9 Å². The number of ether oxygens (including phenoxy) is 1. The molecule has 0 aliphatic carbocycles. The number of benzene rings is 1. The molecule has 0 saturated carbocycles. The molecule has 2 bridgehead atoms. The van der Waals surface area contributed by atoms with E-state index in [1.807, 2.05) is 0 Å². The molecule has 4 rings (SSSR count). The lowest BCUT2D eigenvalue weighted by Crippen LogP contribution is -2.39. The van der Waals surface area contributed by atoms with E-state index in [1.165, 1.54) is 13.2 Å². The number of methoxy groups -OCH3 is 1. The first kappa shape index (κ1) is 19.1. The van der Waals surface area contributed by atoms with E-state index in [0.29, 0.717) is 16.9 Å². The molecule has 2 aliphatic heterocycles. The van der Waals surface area contributed by atoms with Gasteiger partial charge in [-0.05, 0) is 69.1 Å². The maximum atomic E-state index is 13.2. The fourth-order valence-corrected chi connectivity index (χ4v) is 4.47. The normalized spacial score (nSPS) is 24.4. The smallest absolute Gasteiger partial charge is 0.416 e. The van der Waals surface area contributed by atoms with Gasteiger partial charge in [0.1, 0.15) is 11.5 Å². The van der Waals surface area contributed by atoms with Crippen molar-refractivity contribution in [2.45, 2.75) is 32.4 Å². The lowest BCUT2D eigenvalue weighted by atomic mass is 9.76. The van der Waals surface area contributed by atoms with Gasteiger partial charge in [0, 0.05) is 6.54 Å². The average Bonchev–Trinajstić information content (AvgIpc) is 3.19. The van der Waals surface area contributed by atoms with Gasteiger partial charge in [0.15, 0.2) is 5.76 Å². The Labute approximate surface area is 161 Å². The van der Waals surface area contributed by atoms with Gasteiger partial charge in [0.05, 0.1) is 23.7 Å². The molecular formula is C21H22F3NO3. The lowest BCUT2D eigenvalue weighted by molar-refractivity contribution is -0.137. The zero-order valence-corrected chi connectivity index (χ0v) is 15.9. The molecule has 0 N–H and O–H groups in total. The SMILES string of the molecule is COc1cc(C(F)(F)F)ccc1-c1oc(C(=O)C23CCCN(CC2)C3)cc1C. The molecule has 0 radical (unpaired) electrons. The Bertz CT molecular complexity index is 914. The van der Waals surface area contributed by atoms with Crippen LogP contribution < -0.4 is 4.74 Å². The fraction of sp³-hybridized carbons (Fsp3) is 0.476. The van der Waals surface area contributed by atoms with E-state index in [-0.39, 0.29) is 17.3 Å². The number of hydrogen-bond donors (Lipinski definition) is 0. The quantitative estimate of drug-likeness (QED) is 0.690. The summed E-state index contributed by atoms with van der Waals surface area (Å²) in [4.78, 5) is 15.5. The molecule has 2 saturated heterocycles. The summed E-state index contributed by atoms with van der Waals surface area (Å²) in [6.45, 7) is 4.49. The van der Waals surface area contributed by atoms with Gasteiger partial charge >= 0.3 is 6.18 Å². The summed E-state index contributed by atoms with van der Waals surface area (Å²) < 4.78 is 50.0. The predicted octanol–water partition coefficient (Wildman–Crippen LogP) is 4.95. The van der Waals surface area contributed by atoms with Crippen LogP contribution in [0, 0.1) is 12.3 Å². The minimum Gasteiger partial charge on any atom is -0.496 e. The predicted molar refractivity (Wildman–Crippen MR) is 97.5 cm³/mol. The van der Waals surface area contributed by atoms with E-state index in [0.717, 1.165) is 51.0 Å². The van der Waals surface area contributed by atoms with Crippen molar-refractivity contribution in [3.63, 3.8) is 0 Å². The number of nitrogens with zero attached hydrogens (tertiary/aromatic N) is 1. The van der Waals surface area contributed by atoms with Crippen LogP contribution in [0.15, 0.2) is 28.7 Å². The second-order valence-electron chi connectivity index (χ2n) is 7.77. The average molecular weight is 393 g/mol. The molecule has 0 amide bonds. The molecule has 3 heterocycles. The summed E-state index contributed by atoms with van der Waals surface area (Å²) >= 11 is 0. The Hall–Kier alpha value is -2.28. The highest BCUT2D eigenvalue weighted by Gasteiger charge is 2.47. The van der Waals surface area contributed by atoms with E-state index < -0.39 is 17.2 Å². The van der Waals surface area contributed by atoms with Crippen molar-refractivity contribution in [2.75, 3.05) is 26.7 Å². The summed E-state index contributed by atoms with van der Waals surface area (Å²) in [6, 6.07) is 4.97. The van der Waals surface area contributed by atoms with E-state index in [9.17, 15) is 18.0 Å². The van der Waals surface area contributed by atoms with Crippen molar-refractivity contribution in [2.24, 2.45) is 5.41 Å². The van der Waals surface area contributed by atoms with Gasteiger partial charge in [-0.15, -0.1) is 0 Å². The number of carbonyl (C=O) groups is 1. The van der Waals surface area contributed by atoms with Crippen LogP contribution >= 0.6 is 0 Å². The van der Waals surface area contributed by atoms with Gasteiger partial charge in [0.2, 0.25) is 5.78 Å². The first-order chi connectivity index (χ1) is 13.2. The third-order valence-corrected chi connectivity index (χ3v) is 5.96. The Morgan fingerprint density at radius 2 is 2.00 bits per heavy atom. The molecule has 1 aromatic heterocycles. The molecule has 7 heteroatoms.